The van der Waals surface area contributed by atoms with Gasteiger partial charge in [0.25, 0.3) is 0 Å². The Morgan fingerprint density at radius 1 is 1.41 bits per heavy atom. The molecule has 0 aliphatic heterocycles. The Morgan fingerprint density at radius 2 is 2.12 bits per heavy atom. The van der Waals surface area contributed by atoms with E-state index in [4.69, 9.17) is 8.59 Å². The van der Waals surface area contributed by atoms with E-state index in [9.17, 15) is 9.59 Å². The molecule has 0 fully saturated rings. The molecular weight excluding hydrogens is 240 g/mol. The van der Waals surface area contributed by atoms with Gasteiger partial charge in [-0.05, 0) is 19.9 Å². The van der Waals surface area contributed by atoms with Crippen molar-refractivity contribution in [3.05, 3.63) is 34.2 Å². The van der Waals surface area contributed by atoms with E-state index in [1.165, 1.54) is 6.92 Å². The number of carbonyl (C=O) groups is 1. The molecule has 0 N–H and O–H groups in total. The van der Waals surface area contributed by atoms with Crippen molar-refractivity contribution in [2.45, 2.75) is 26.4 Å². The van der Waals surface area contributed by atoms with Gasteiger partial charge in [0.05, 0.1) is 10.1 Å². The molecule has 17 heavy (non-hydrogen) atoms. The van der Waals surface area contributed by atoms with Gasteiger partial charge in [0.1, 0.15) is 5.60 Å². The van der Waals surface area contributed by atoms with E-state index in [1.807, 2.05) is 6.07 Å². The highest BCUT2D eigenvalue weighted by Crippen LogP contribution is 2.32. The molecule has 0 aliphatic rings. The van der Waals surface area contributed by atoms with Crippen LogP contribution in [0.5, 0.6) is 0 Å². The molecule has 0 radical (unpaired) electrons. The smallest absolute Gasteiger partial charge is 0.356 e. The summed E-state index contributed by atoms with van der Waals surface area (Å²) in [5.41, 5.74) is -0.357. The summed E-state index contributed by atoms with van der Waals surface area (Å²) in [7, 11) is 0. The zero-order valence-electron chi connectivity index (χ0n) is 9.77. The van der Waals surface area contributed by atoms with Crippen molar-refractivity contribution in [1.82, 2.24) is 0 Å². The van der Waals surface area contributed by atoms with E-state index in [2.05, 4.69) is 0 Å². The first kappa shape index (κ1) is 11.9. The van der Waals surface area contributed by atoms with E-state index in [0.29, 0.717) is 5.39 Å². The summed E-state index contributed by atoms with van der Waals surface area (Å²) in [6.45, 7) is 4.93. The number of rotatable bonds is 2. The average molecular weight is 252 g/mol. The van der Waals surface area contributed by atoms with E-state index < -0.39 is 5.60 Å². The van der Waals surface area contributed by atoms with Crippen LogP contribution in [0, 0.1) is 0 Å². The maximum atomic E-state index is 11.4. The number of fused-ring (bicyclic) bond motifs is 1. The number of ether oxygens (including phenoxy) is 1. The third-order valence-corrected chi connectivity index (χ3v) is 3.32. The van der Waals surface area contributed by atoms with Crippen LogP contribution in [0.4, 0.5) is 0 Å². The molecule has 0 amide bonds. The normalized spacial score (nSPS) is 11.7. The highest BCUT2D eigenvalue weighted by molar-refractivity contribution is 7.11. The number of esters is 1. The summed E-state index contributed by atoms with van der Waals surface area (Å²) in [5, 5.41) is 0.521. The van der Waals surface area contributed by atoms with Gasteiger partial charge in [-0.2, -0.15) is 0 Å². The van der Waals surface area contributed by atoms with Crippen molar-refractivity contribution in [3.63, 3.8) is 0 Å². The molecule has 0 spiro atoms. The lowest BCUT2D eigenvalue weighted by Gasteiger charge is -2.25. The standard InChI is InChI=1S/C12H12O4S/c1-7(13)15-12(2,3)9-6-4-5-8-10(9)17-16-11(8)14/h4-6H,1-3H3. The Balaban J connectivity index is 2.62. The molecule has 0 saturated heterocycles. The quantitative estimate of drug-likeness (QED) is 0.771. The first-order chi connectivity index (χ1) is 7.92. The second-order valence-electron chi connectivity index (χ2n) is 4.24. The summed E-state index contributed by atoms with van der Waals surface area (Å²) in [6.07, 6.45) is 0. The molecule has 0 unspecified atom stereocenters. The van der Waals surface area contributed by atoms with Gasteiger partial charge in [-0.3, -0.25) is 4.79 Å². The third kappa shape index (κ3) is 2.10. The number of carbonyl (C=O) groups excluding carboxylic acids is 1. The second kappa shape index (κ2) is 4.00. The van der Waals surface area contributed by atoms with Gasteiger partial charge in [-0.15, -0.1) is 0 Å². The van der Waals surface area contributed by atoms with Gasteiger partial charge >= 0.3 is 11.6 Å². The summed E-state index contributed by atoms with van der Waals surface area (Å²) in [5.74, 6) is -0.358. The molecule has 1 aromatic heterocycles. The lowest BCUT2D eigenvalue weighted by atomic mass is 9.97. The van der Waals surface area contributed by atoms with Gasteiger partial charge in [-0.1, -0.05) is 12.1 Å². The highest BCUT2D eigenvalue weighted by atomic mass is 32.1. The Hall–Kier alpha value is -1.62. The fraction of sp³-hybridized carbons (Fsp3) is 0.333. The molecule has 1 aromatic carbocycles. The Labute approximate surface area is 102 Å². The Morgan fingerprint density at radius 3 is 2.76 bits per heavy atom. The molecule has 5 heteroatoms. The molecule has 0 bridgehead atoms. The van der Waals surface area contributed by atoms with Crippen molar-refractivity contribution in [3.8, 4) is 0 Å². The van der Waals surface area contributed by atoms with Gasteiger partial charge in [0.15, 0.2) is 0 Å². The molecule has 0 saturated carbocycles. The maximum Gasteiger partial charge on any atom is 0.356 e. The van der Waals surface area contributed by atoms with Crippen molar-refractivity contribution >= 4 is 27.7 Å². The monoisotopic (exact) mass is 252 g/mol. The van der Waals surface area contributed by atoms with Crippen LogP contribution >= 0.6 is 11.6 Å². The van der Waals surface area contributed by atoms with E-state index in [-0.39, 0.29) is 11.6 Å². The Bertz CT molecular complexity index is 621. The minimum absolute atomic E-state index is 0.356. The molecule has 1 heterocycles. The van der Waals surface area contributed by atoms with Crippen molar-refractivity contribution in [1.29, 1.82) is 0 Å². The largest absolute Gasteiger partial charge is 0.455 e. The zero-order chi connectivity index (χ0) is 12.6. The summed E-state index contributed by atoms with van der Waals surface area (Å²) in [6, 6.07) is 5.29. The topological polar surface area (TPSA) is 56.5 Å². The number of benzene rings is 1. The summed E-state index contributed by atoms with van der Waals surface area (Å²) in [4.78, 5) is 22.5. The van der Waals surface area contributed by atoms with E-state index in [1.54, 1.807) is 26.0 Å². The summed E-state index contributed by atoms with van der Waals surface area (Å²) < 4.78 is 10.9. The fourth-order valence-corrected chi connectivity index (χ4v) is 2.69. The van der Waals surface area contributed by atoms with Crippen LogP contribution in [-0.4, -0.2) is 5.97 Å². The van der Waals surface area contributed by atoms with Crippen molar-refractivity contribution in [2.75, 3.05) is 0 Å². The minimum Gasteiger partial charge on any atom is -0.455 e. The van der Waals surface area contributed by atoms with Crippen LogP contribution in [0.1, 0.15) is 26.3 Å². The van der Waals surface area contributed by atoms with Gasteiger partial charge in [-0.25, -0.2) is 4.79 Å². The first-order valence-electron chi connectivity index (χ1n) is 5.14. The molecule has 0 atom stereocenters. The molecular formula is C12H12O4S. The van der Waals surface area contributed by atoms with Gasteiger partial charge in [0.2, 0.25) is 0 Å². The fourth-order valence-electron chi connectivity index (χ4n) is 1.80. The molecule has 0 aliphatic carbocycles. The summed E-state index contributed by atoms with van der Waals surface area (Å²) >= 11 is 1.02. The second-order valence-corrected chi connectivity index (χ2v) is 4.98. The van der Waals surface area contributed by atoms with Gasteiger partial charge < -0.3 is 8.59 Å². The predicted molar refractivity (Wildman–Crippen MR) is 65.2 cm³/mol. The molecule has 2 aromatic rings. The lowest BCUT2D eigenvalue weighted by Crippen LogP contribution is -2.24. The van der Waals surface area contributed by atoms with Crippen LogP contribution in [0.25, 0.3) is 10.1 Å². The SMILES string of the molecule is CC(=O)OC(C)(C)c1cccc2c(=O)osc12. The number of hydrogen-bond acceptors (Lipinski definition) is 5. The predicted octanol–water partition coefficient (Wildman–Crippen LogP) is 2.65. The average Bonchev–Trinajstić information content (AvgIpc) is 2.58. The van der Waals surface area contributed by atoms with Crippen molar-refractivity contribution < 1.29 is 13.4 Å². The van der Waals surface area contributed by atoms with Crippen LogP contribution in [0.15, 0.2) is 26.8 Å². The van der Waals surface area contributed by atoms with Crippen LogP contribution in [0.3, 0.4) is 0 Å². The van der Waals surface area contributed by atoms with Gasteiger partial charge in [0, 0.05) is 24.1 Å². The third-order valence-electron chi connectivity index (χ3n) is 2.48. The van der Waals surface area contributed by atoms with E-state index in [0.717, 1.165) is 21.9 Å². The minimum atomic E-state index is -0.780. The lowest BCUT2D eigenvalue weighted by molar-refractivity contribution is -0.154. The molecule has 90 valence electrons. The van der Waals surface area contributed by atoms with Crippen LogP contribution in [0.2, 0.25) is 0 Å². The maximum absolute atomic E-state index is 11.4. The Kier molecular flexibility index (Phi) is 2.79. The van der Waals surface area contributed by atoms with Crippen LogP contribution < -0.4 is 5.63 Å². The number of hydrogen-bond donors (Lipinski definition) is 0. The van der Waals surface area contributed by atoms with E-state index >= 15 is 0 Å². The molecule has 2 rings (SSSR count). The van der Waals surface area contributed by atoms with Crippen LogP contribution in [-0.2, 0) is 15.1 Å². The first-order valence-corrected chi connectivity index (χ1v) is 5.88. The van der Waals surface area contributed by atoms with Crippen molar-refractivity contribution in [2.24, 2.45) is 0 Å². The highest BCUT2D eigenvalue weighted by Gasteiger charge is 2.27. The zero-order valence-corrected chi connectivity index (χ0v) is 10.6. The molecule has 4 nitrogen and oxygen atoms in total.